The second-order valence-electron chi connectivity index (χ2n) is 4.39. The quantitative estimate of drug-likeness (QED) is 0.899. The van der Waals surface area contributed by atoms with Crippen molar-refractivity contribution in [2.45, 2.75) is 13.8 Å². The number of hydrogen-bond acceptors (Lipinski definition) is 3. The zero-order valence-corrected chi connectivity index (χ0v) is 11.4. The Balaban J connectivity index is 2.26. The van der Waals surface area contributed by atoms with Gasteiger partial charge in [0.25, 0.3) is 5.91 Å². The number of nitrogens with zero attached hydrogens (tertiary/aromatic N) is 1. The fourth-order valence-corrected chi connectivity index (χ4v) is 1.85. The van der Waals surface area contributed by atoms with Gasteiger partial charge in [0.15, 0.2) is 0 Å². The second-order valence-corrected chi connectivity index (χ2v) is 4.39. The van der Waals surface area contributed by atoms with Gasteiger partial charge < -0.3 is 10.6 Å². The number of anilines is 2. The molecule has 2 aromatic rings. The van der Waals surface area contributed by atoms with E-state index in [4.69, 9.17) is 0 Å². The van der Waals surface area contributed by atoms with Gasteiger partial charge in [-0.05, 0) is 37.6 Å². The predicted molar refractivity (Wildman–Crippen MR) is 77.5 cm³/mol. The summed E-state index contributed by atoms with van der Waals surface area (Å²) in [5.41, 5.74) is 2.11. The number of hydrogen-bond donors (Lipinski definition) is 2. The van der Waals surface area contributed by atoms with E-state index in [0.717, 1.165) is 5.56 Å². The number of aromatic nitrogens is 1. The summed E-state index contributed by atoms with van der Waals surface area (Å²) >= 11 is 0. The van der Waals surface area contributed by atoms with Crippen molar-refractivity contribution >= 4 is 17.3 Å². The summed E-state index contributed by atoms with van der Waals surface area (Å²) in [6, 6.07) is 6.19. The van der Waals surface area contributed by atoms with Crippen molar-refractivity contribution < 1.29 is 9.18 Å². The Labute approximate surface area is 117 Å². The molecule has 0 saturated heterocycles. The molecule has 2 rings (SSSR count). The molecule has 0 saturated carbocycles. The molecule has 0 aliphatic heterocycles. The summed E-state index contributed by atoms with van der Waals surface area (Å²) in [6.07, 6.45) is 3.10. The molecular weight excluding hydrogens is 257 g/mol. The van der Waals surface area contributed by atoms with Crippen molar-refractivity contribution in [1.29, 1.82) is 0 Å². The minimum Gasteiger partial charge on any atom is -0.383 e. The largest absolute Gasteiger partial charge is 0.383 e. The number of rotatable bonds is 4. The lowest BCUT2D eigenvalue weighted by atomic mass is 10.2. The van der Waals surface area contributed by atoms with E-state index in [2.05, 4.69) is 15.6 Å². The Kier molecular flexibility index (Phi) is 4.30. The molecule has 104 valence electrons. The van der Waals surface area contributed by atoms with Crippen LogP contribution in [-0.4, -0.2) is 17.4 Å². The highest BCUT2D eigenvalue weighted by atomic mass is 19.1. The zero-order chi connectivity index (χ0) is 14.5. The number of carbonyl (C=O) groups excluding carboxylic acids is 1. The number of nitrogens with one attached hydrogen (secondary N) is 2. The second kappa shape index (κ2) is 6.14. The third kappa shape index (κ3) is 3.12. The van der Waals surface area contributed by atoms with Crippen molar-refractivity contribution in [2.75, 3.05) is 17.2 Å². The first kappa shape index (κ1) is 14.0. The summed E-state index contributed by atoms with van der Waals surface area (Å²) < 4.78 is 13.7. The maximum atomic E-state index is 13.7. The standard InChI is InChI=1S/C15H16FN3O/c1-3-18-14-9-17-7-6-11(14)15(20)19-13-8-10(2)4-5-12(13)16/h4-9,18H,3H2,1-2H3,(H,19,20). The number of halogens is 1. The van der Waals surface area contributed by atoms with Crippen LogP contribution in [-0.2, 0) is 0 Å². The van der Waals surface area contributed by atoms with Crippen LogP contribution in [0, 0.1) is 12.7 Å². The van der Waals surface area contributed by atoms with E-state index < -0.39 is 5.82 Å². The van der Waals surface area contributed by atoms with Gasteiger partial charge in [-0.15, -0.1) is 0 Å². The van der Waals surface area contributed by atoms with E-state index in [1.54, 1.807) is 24.4 Å². The number of pyridine rings is 1. The first-order chi connectivity index (χ1) is 9.61. The minimum absolute atomic E-state index is 0.175. The van der Waals surface area contributed by atoms with Crippen LogP contribution in [0.4, 0.5) is 15.8 Å². The van der Waals surface area contributed by atoms with Crippen LogP contribution in [0.3, 0.4) is 0 Å². The number of amides is 1. The fraction of sp³-hybridized carbons (Fsp3) is 0.200. The van der Waals surface area contributed by atoms with E-state index in [9.17, 15) is 9.18 Å². The van der Waals surface area contributed by atoms with Gasteiger partial charge in [-0.25, -0.2) is 4.39 Å². The lowest BCUT2D eigenvalue weighted by Gasteiger charge is -2.11. The Hall–Kier alpha value is -2.43. The molecule has 0 bridgehead atoms. The van der Waals surface area contributed by atoms with Crippen molar-refractivity contribution in [1.82, 2.24) is 4.98 Å². The van der Waals surface area contributed by atoms with E-state index in [1.807, 2.05) is 13.8 Å². The third-order valence-electron chi connectivity index (χ3n) is 2.80. The number of aryl methyl sites for hydroxylation is 1. The van der Waals surface area contributed by atoms with Crippen molar-refractivity contribution in [3.63, 3.8) is 0 Å². The lowest BCUT2D eigenvalue weighted by Crippen LogP contribution is -2.16. The molecule has 2 N–H and O–H groups in total. The molecule has 0 aliphatic rings. The Morgan fingerprint density at radius 1 is 1.30 bits per heavy atom. The zero-order valence-electron chi connectivity index (χ0n) is 11.4. The van der Waals surface area contributed by atoms with E-state index in [-0.39, 0.29) is 11.6 Å². The molecule has 0 fully saturated rings. The first-order valence-electron chi connectivity index (χ1n) is 6.37. The SMILES string of the molecule is CCNc1cnccc1C(=O)Nc1cc(C)ccc1F. The molecule has 20 heavy (non-hydrogen) atoms. The smallest absolute Gasteiger partial charge is 0.257 e. The molecule has 5 heteroatoms. The van der Waals surface area contributed by atoms with Gasteiger partial charge in [0, 0.05) is 12.7 Å². The van der Waals surface area contributed by atoms with Gasteiger partial charge in [-0.2, -0.15) is 0 Å². The van der Waals surface area contributed by atoms with Crippen molar-refractivity contribution in [3.8, 4) is 0 Å². The van der Waals surface area contributed by atoms with Gasteiger partial charge in [0.05, 0.1) is 23.1 Å². The van der Waals surface area contributed by atoms with E-state index >= 15 is 0 Å². The average Bonchev–Trinajstić information content (AvgIpc) is 2.44. The van der Waals surface area contributed by atoms with Crippen LogP contribution >= 0.6 is 0 Å². The predicted octanol–water partition coefficient (Wildman–Crippen LogP) is 3.21. The molecule has 1 heterocycles. The fourth-order valence-electron chi connectivity index (χ4n) is 1.85. The van der Waals surface area contributed by atoms with Crippen molar-refractivity contribution in [3.05, 3.63) is 53.6 Å². The van der Waals surface area contributed by atoms with E-state index in [0.29, 0.717) is 17.8 Å². The summed E-state index contributed by atoms with van der Waals surface area (Å²) in [4.78, 5) is 16.2. The Morgan fingerprint density at radius 3 is 2.85 bits per heavy atom. The summed E-state index contributed by atoms with van der Waals surface area (Å²) in [6.45, 7) is 4.44. The Morgan fingerprint density at radius 2 is 2.10 bits per heavy atom. The molecule has 0 atom stereocenters. The molecular formula is C15H16FN3O. The monoisotopic (exact) mass is 273 g/mol. The van der Waals surface area contributed by atoms with Crippen LogP contribution in [0.2, 0.25) is 0 Å². The van der Waals surface area contributed by atoms with Crippen LogP contribution < -0.4 is 10.6 Å². The highest BCUT2D eigenvalue weighted by Gasteiger charge is 2.13. The normalized spacial score (nSPS) is 10.2. The lowest BCUT2D eigenvalue weighted by molar-refractivity contribution is 0.102. The van der Waals surface area contributed by atoms with Crippen LogP contribution in [0.5, 0.6) is 0 Å². The highest BCUT2D eigenvalue weighted by Crippen LogP contribution is 2.19. The van der Waals surface area contributed by atoms with Crippen molar-refractivity contribution in [2.24, 2.45) is 0 Å². The summed E-state index contributed by atoms with van der Waals surface area (Å²) in [5, 5.41) is 5.64. The summed E-state index contributed by atoms with van der Waals surface area (Å²) in [7, 11) is 0. The van der Waals surface area contributed by atoms with Gasteiger partial charge in [-0.3, -0.25) is 9.78 Å². The Bertz CT molecular complexity index is 628. The summed E-state index contributed by atoms with van der Waals surface area (Å²) in [5.74, 6) is -0.823. The molecule has 0 spiro atoms. The minimum atomic E-state index is -0.456. The molecule has 0 unspecified atom stereocenters. The van der Waals surface area contributed by atoms with Gasteiger partial charge in [0.2, 0.25) is 0 Å². The first-order valence-corrected chi connectivity index (χ1v) is 6.37. The maximum absolute atomic E-state index is 13.7. The van der Waals surface area contributed by atoms with Crippen LogP contribution in [0.1, 0.15) is 22.8 Å². The maximum Gasteiger partial charge on any atom is 0.257 e. The van der Waals surface area contributed by atoms with E-state index in [1.165, 1.54) is 12.3 Å². The molecule has 1 aromatic carbocycles. The van der Waals surface area contributed by atoms with Gasteiger partial charge in [0.1, 0.15) is 5.82 Å². The van der Waals surface area contributed by atoms with Crippen LogP contribution in [0.15, 0.2) is 36.7 Å². The third-order valence-corrected chi connectivity index (χ3v) is 2.80. The highest BCUT2D eigenvalue weighted by molar-refractivity contribution is 6.07. The molecule has 1 amide bonds. The molecule has 4 nitrogen and oxygen atoms in total. The molecule has 0 radical (unpaired) electrons. The number of carbonyl (C=O) groups is 1. The average molecular weight is 273 g/mol. The van der Waals surface area contributed by atoms with Gasteiger partial charge in [-0.1, -0.05) is 6.07 Å². The van der Waals surface area contributed by atoms with Gasteiger partial charge >= 0.3 is 0 Å². The molecule has 0 aliphatic carbocycles. The number of benzene rings is 1. The molecule has 1 aromatic heterocycles. The van der Waals surface area contributed by atoms with Crippen LogP contribution in [0.25, 0.3) is 0 Å². The topological polar surface area (TPSA) is 54.0 Å².